The lowest BCUT2D eigenvalue weighted by Crippen LogP contribution is -2.07. The van der Waals surface area contributed by atoms with Crippen molar-refractivity contribution in [3.63, 3.8) is 0 Å². The van der Waals surface area contributed by atoms with Crippen LogP contribution < -0.4 is 14.8 Å². The summed E-state index contributed by atoms with van der Waals surface area (Å²) < 4.78 is 12.1. The summed E-state index contributed by atoms with van der Waals surface area (Å²) in [4.78, 5) is 0. The number of benzene rings is 2. The van der Waals surface area contributed by atoms with Gasteiger partial charge in [0.25, 0.3) is 0 Å². The molecule has 0 radical (unpaired) electrons. The van der Waals surface area contributed by atoms with Crippen LogP contribution in [0.15, 0.2) is 46.9 Å². The molecule has 0 bridgehead atoms. The second-order valence-electron chi connectivity index (χ2n) is 4.42. The van der Waals surface area contributed by atoms with E-state index in [2.05, 4.69) is 27.3 Å². The van der Waals surface area contributed by atoms with Crippen molar-refractivity contribution in [2.45, 2.75) is 13.2 Å². The number of hydrogen-bond acceptors (Lipinski definition) is 3. The van der Waals surface area contributed by atoms with Crippen LogP contribution in [0.2, 0.25) is 0 Å². The number of ether oxygens (including phenoxy) is 2. The third-order valence-electron chi connectivity index (χ3n) is 2.94. The predicted molar refractivity (Wildman–Crippen MR) is 84.2 cm³/mol. The van der Waals surface area contributed by atoms with Gasteiger partial charge in [-0.3, -0.25) is 0 Å². The van der Waals surface area contributed by atoms with E-state index >= 15 is 0 Å². The minimum Gasteiger partial charge on any atom is -0.497 e. The van der Waals surface area contributed by atoms with Crippen molar-refractivity contribution in [2.75, 3.05) is 14.2 Å². The fraction of sp³-hybridized carbons (Fsp3) is 0.250. The van der Waals surface area contributed by atoms with Crippen molar-refractivity contribution in [3.05, 3.63) is 58.1 Å². The van der Waals surface area contributed by atoms with Crippen LogP contribution in [0.1, 0.15) is 11.1 Å². The third kappa shape index (κ3) is 3.99. The zero-order chi connectivity index (χ0) is 14.4. The van der Waals surface area contributed by atoms with E-state index in [1.807, 2.05) is 43.4 Å². The van der Waals surface area contributed by atoms with Crippen LogP contribution in [-0.2, 0) is 13.2 Å². The molecule has 1 N–H and O–H groups in total. The highest BCUT2D eigenvalue weighted by Gasteiger charge is 2.04. The summed E-state index contributed by atoms with van der Waals surface area (Å²) in [5, 5.41) is 3.15. The highest BCUT2D eigenvalue weighted by Crippen LogP contribution is 2.24. The Morgan fingerprint density at radius 3 is 2.50 bits per heavy atom. The van der Waals surface area contributed by atoms with E-state index in [1.54, 1.807) is 7.11 Å². The molecule has 106 valence electrons. The van der Waals surface area contributed by atoms with E-state index in [0.717, 1.165) is 33.6 Å². The minimum atomic E-state index is 0.544. The molecule has 2 rings (SSSR count). The van der Waals surface area contributed by atoms with Gasteiger partial charge in [-0.1, -0.05) is 28.1 Å². The Kier molecular flexibility index (Phi) is 5.44. The molecule has 0 saturated heterocycles. The van der Waals surface area contributed by atoms with E-state index < -0.39 is 0 Å². The molecule has 0 aliphatic carbocycles. The molecule has 2 aromatic rings. The number of rotatable bonds is 6. The highest BCUT2D eigenvalue weighted by atomic mass is 79.9. The van der Waals surface area contributed by atoms with Crippen LogP contribution in [0.3, 0.4) is 0 Å². The summed E-state index contributed by atoms with van der Waals surface area (Å²) in [7, 11) is 3.59. The molecule has 0 aliphatic heterocycles. The second kappa shape index (κ2) is 7.31. The molecular weight excluding hydrogens is 318 g/mol. The van der Waals surface area contributed by atoms with Crippen molar-refractivity contribution in [1.29, 1.82) is 0 Å². The fourth-order valence-corrected chi connectivity index (χ4v) is 2.31. The van der Waals surface area contributed by atoms with Crippen LogP contribution in [-0.4, -0.2) is 14.2 Å². The summed E-state index contributed by atoms with van der Waals surface area (Å²) in [6, 6.07) is 13.9. The Morgan fingerprint density at radius 2 is 1.85 bits per heavy atom. The van der Waals surface area contributed by atoms with Gasteiger partial charge in [0.05, 0.1) is 7.11 Å². The lowest BCUT2D eigenvalue weighted by atomic mass is 10.2. The smallest absolute Gasteiger partial charge is 0.124 e. The van der Waals surface area contributed by atoms with E-state index in [0.29, 0.717) is 6.61 Å². The Hall–Kier alpha value is -1.52. The first-order valence-corrected chi connectivity index (χ1v) is 7.21. The Morgan fingerprint density at radius 1 is 1.10 bits per heavy atom. The normalized spacial score (nSPS) is 10.3. The van der Waals surface area contributed by atoms with Crippen molar-refractivity contribution >= 4 is 15.9 Å². The van der Waals surface area contributed by atoms with Gasteiger partial charge < -0.3 is 14.8 Å². The summed E-state index contributed by atoms with van der Waals surface area (Å²) in [5.74, 6) is 1.76. The molecule has 20 heavy (non-hydrogen) atoms. The van der Waals surface area contributed by atoms with Gasteiger partial charge in [-0.05, 0) is 42.9 Å². The molecule has 0 saturated carbocycles. The average Bonchev–Trinajstić information content (AvgIpc) is 2.47. The van der Waals surface area contributed by atoms with Gasteiger partial charge in [0, 0.05) is 16.6 Å². The molecule has 0 spiro atoms. The van der Waals surface area contributed by atoms with E-state index in [-0.39, 0.29) is 0 Å². The van der Waals surface area contributed by atoms with Gasteiger partial charge in [0.2, 0.25) is 0 Å². The van der Waals surface area contributed by atoms with E-state index in [1.165, 1.54) is 0 Å². The zero-order valence-corrected chi connectivity index (χ0v) is 13.2. The van der Waals surface area contributed by atoms with Crippen molar-refractivity contribution in [1.82, 2.24) is 5.32 Å². The molecule has 4 heteroatoms. The lowest BCUT2D eigenvalue weighted by molar-refractivity contribution is 0.302. The van der Waals surface area contributed by atoms with Crippen molar-refractivity contribution in [2.24, 2.45) is 0 Å². The SMILES string of the molecule is CNCc1cc(Br)ccc1OCc1ccc(OC)cc1. The largest absolute Gasteiger partial charge is 0.497 e. The summed E-state index contributed by atoms with van der Waals surface area (Å²) in [6.45, 7) is 1.32. The molecular formula is C16H18BrNO2. The van der Waals surface area contributed by atoms with E-state index in [4.69, 9.17) is 9.47 Å². The quantitative estimate of drug-likeness (QED) is 0.871. The van der Waals surface area contributed by atoms with Crippen molar-refractivity contribution < 1.29 is 9.47 Å². The topological polar surface area (TPSA) is 30.5 Å². The maximum Gasteiger partial charge on any atom is 0.124 e. The monoisotopic (exact) mass is 335 g/mol. The first-order chi connectivity index (χ1) is 9.72. The first-order valence-electron chi connectivity index (χ1n) is 6.41. The number of methoxy groups -OCH3 is 1. The molecule has 0 unspecified atom stereocenters. The number of nitrogens with one attached hydrogen (secondary N) is 1. The molecule has 0 aromatic heterocycles. The zero-order valence-electron chi connectivity index (χ0n) is 11.7. The molecule has 0 atom stereocenters. The highest BCUT2D eigenvalue weighted by molar-refractivity contribution is 9.10. The van der Waals surface area contributed by atoms with Gasteiger partial charge in [-0.25, -0.2) is 0 Å². The lowest BCUT2D eigenvalue weighted by Gasteiger charge is -2.12. The summed E-state index contributed by atoms with van der Waals surface area (Å²) >= 11 is 3.48. The Balaban J connectivity index is 2.05. The van der Waals surface area contributed by atoms with Crippen LogP contribution in [0.25, 0.3) is 0 Å². The molecule has 2 aromatic carbocycles. The van der Waals surface area contributed by atoms with Gasteiger partial charge in [-0.2, -0.15) is 0 Å². The number of halogens is 1. The second-order valence-corrected chi connectivity index (χ2v) is 5.33. The fourth-order valence-electron chi connectivity index (χ4n) is 1.90. The first kappa shape index (κ1) is 14.9. The van der Waals surface area contributed by atoms with Crippen LogP contribution in [0, 0.1) is 0 Å². The molecule has 0 amide bonds. The maximum absolute atomic E-state index is 5.90. The predicted octanol–water partition coefficient (Wildman–Crippen LogP) is 3.76. The van der Waals surface area contributed by atoms with Gasteiger partial charge in [-0.15, -0.1) is 0 Å². The molecule has 3 nitrogen and oxygen atoms in total. The van der Waals surface area contributed by atoms with Crippen LogP contribution >= 0.6 is 15.9 Å². The minimum absolute atomic E-state index is 0.544. The van der Waals surface area contributed by atoms with Crippen LogP contribution in [0.4, 0.5) is 0 Å². The summed E-state index contributed by atoms with van der Waals surface area (Å²) in [5.41, 5.74) is 2.25. The molecule has 0 aliphatic rings. The number of hydrogen-bond donors (Lipinski definition) is 1. The standard InChI is InChI=1S/C16H18BrNO2/c1-18-10-13-9-14(17)5-8-16(13)20-11-12-3-6-15(19-2)7-4-12/h3-9,18H,10-11H2,1-2H3. The van der Waals surface area contributed by atoms with Crippen LogP contribution in [0.5, 0.6) is 11.5 Å². The molecule has 0 heterocycles. The van der Waals surface area contributed by atoms with Gasteiger partial charge >= 0.3 is 0 Å². The average molecular weight is 336 g/mol. The van der Waals surface area contributed by atoms with E-state index in [9.17, 15) is 0 Å². The Labute approximate surface area is 128 Å². The maximum atomic E-state index is 5.90. The summed E-state index contributed by atoms with van der Waals surface area (Å²) in [6.07, 6.45) is 0. The third-order valence-corrected chi connectivity index (χ3v) is 3.44. The molecule has 0 fully saturated rings. The van der Waals surface area contributed by atoms with Gasteiger partial charge in [0.15, 0.2) is 0 Å². The van der Waals surface area contributed by atoms with Gasteiger partial charge in [0.1, 0.15) is 18.1 Å². The Bertz CT molecular complexity index is 555. The van der Waals surface area contributed by atoms with Crippen molar-refractivity contribution in [3.8, 4) is 11.5 Å².